The summed E-state index contributed by atoms with van der Waals surface area (Å²) in [5.41, 5.74) is 1.08. The van der Waals surface area contributed by atoms with Gasteiger partial charge in [-0.3, -0.25) is 0 Å². The van der Waals surface area contributed by atoms with Crippen LogP contribution in [0.3, 0.4) is 0 Å². The lowest BCUT2D eigenvalue weighted by molar-refractivity contribution is 0.251. The van der Waals surface area contributed by atoms with Crippen LogP contribution < -0.4 is 10.6 Å². The van der Waals surface area contributed by atoms with Crippen LogP contribution in [0.4, 0.5) is 19.3 Å². The van der Waals surface area contributed by atoms with Crippen molar-refractivity contribution in [2.45, 2.75) is 13.2 Å². The molecule has 0 aliphatic rings. The molecule has 0 fully saturated rings. The second-order valence-corrected chi connectivity index (χ2v) is 4.40. The zero-order valence-corrected chi connectivity index (χ0v) is 11.1. The normalized spacial score (nSPS) is 10.2. The summed E-state index contributed by atoms with van der Waals surface area (Å²) in [6.07, 6.45) is 0. The molecule has 3 N–H and O–H groups in total. The van der Waals surface area contributed by atoms with Crippen LogP contribution >= 0.6 is 0 Å². The van der Waals surface area contributed by atoms with E-state index in [0.29, 0.717) is 11.3 Å². The van der Waals surface area contributed by atoms with Crippen LogP contribution in [0.1, 0.15) is 11.1 Å². The number of aliphatic hydroxyl groups excluding tert-OH is 1. The SMILES string of the molecule is O=C(NCc1ccc(CO)c(F)c1)Nc1cccc(F)c1. The van der Waals surface area contributed by atoms with E-state index in [4.69, 9.17) is 5.11 Å². The van der Waals surface area contributed by atoms with Crippen molar-refractivity contribution >= 4 is 11.7 Å². The standard InChI is InChI=1S/C15H14F2N2O2/c16-12-2-1-3-13(7-12)19-15(21)18-8-10-4-5-11(9-20)14(17)6-10/h1-7,20H,8-9H2,(H2,18,19,21). The number of carbonyl (C=O) groups excluding carboxylic acids is 1. The predicted molar refractivity (Wildman–Crippen MR) is 74.6 cm³/mol. The summed E-state index contributed by atoms with van der Waals surface area (Å²) >= 11 is 0. The monoisotopic (exact) mass is 292 g/mol. The third-order valence-electron chi connectivity index (χ3n) is 2.82. The van der Waals surface area contributed by atoms with Gasteiger partial charge < -0.3 is 15.7 Å². The number of urea groups is 1. The smallest absolute Gasteiger partial charge is 0.319 e. The maximum Gasteiger partial charge on any atom is 0.319 e. The molecule has 2 rings (SSSR count). The van der Waals surface area contributed by atoms with Gasteiger partial charge in [-0.15, -0.1) is 0 Å². The minimum atomic E-state index is -0.526. The summed E-state index contributed by atoms with van der Waals surface area (Å²) in [6.45, 7) is -0.261. The van der Waals surface area contributed by atoms with Gasteiger partial charge in [-0.2, -0.15) is 0 Å². The first kappa shape index (κ1) is 14.9. The van der Waals surface area contributed by atoms with Crippen LogP contribution in [-0.2, 0) is 13.2 Å². The molecule has 21 heavy (non-hydrogen) atoms. The van der Waals surface area contributed by atoms with E-state index < -0.39 is 17.7 Å². The molecule has 0 unspecified atom stereocenters. The van der Waals surface area contributed by atoms with Crippen LogP contribution in [0, 0.1) is 11.6 Å². The summed E-state index contributed by atoms with van der Waals surface area (Å²) in [6, 6.07) is 9.28. The Balaban J connectivity index is 1.90. The fourth-order valence-corrected chi connectivity index (χ4v) is 1.75. The molecule has 0 saturated carbocycles. The third-order valence-corrected chi connectivity index (χ3v) is 2.82. The van der Waals surface area contributed by atoms with Crippen molar-refractivity contribution in [1.29, 1.82) is 0 Å². The Labute approximate surface area is 120 Å². The lowest BCUT2D eigenvalue weighted by Gasteiger charge is -2.08. The van der Waals surface area contributed by atoms with E-state index in [1.807, 2.05) is 0 Å². The predicted octanol–water partition coefficient (Wildman–Crippen LogP) is 2.78. The molecular weight excluding hydrogens is 278 g/mol. The van der Waals surface area contributed by atoms with E-state index in [9.17, 15) is 13.6 Å². The quantitative estimate of drug-likeness (QED) is 0.811. The highest BCUT2D eigenvalue weighted by atomic mass is 19.1. The van der Waals surface area contributed by atoms with E-state index in [2.05, 4.69) is 10.6 Å². The van der Waals surface area contributed by atoms with Gasteiger partial charge in [0.25, 0.3) is 0 Å². The van der Waals surface area contributed by atoms with Gasteiger partial charge in [-0.1, -0.05) is 18.2 Å². The maximum absolute atomic E-state index is 13.4. The lowest BCUT2D eigenvalue weighted by Crippen LogP contribution is -2.28. The molecule has 110 valence electrons. The Kier molecular flexibility index (Phi) is 4.84. The number of nitrogens with one attached hydrogen (secondary N) is 2. The van der Waals surface area contributed by atoms with E-state index in [1.165, 1.54) is 30.3 Å². The minimum Gasteiger partial charge on any atom is -0.392 e. The molecule has 2 aromatic rings. The molecule has 0 aliphatic carbocycles. The first-order valence-corrected chi connectivity index (χ1v) is 6.27. The fourth-order valence-electron chi connectivity index (χ4n) is 1.75. The lowest BCUT2D eigenvalue weighted by atomic mass is 10.1. The second-order valence-electron chi connectivity index (χ2n) is 4.40. The summed E-state index contributed by atoms with van der Waals surface area (Å²) in [4.78, 5) is 11.6. The van der Waals surface area contributed by atoms with Crippen LogP contribution in [0.25, 0.3) is 0 Å². The number of halogens is 2. The molecule has 0 bridgehead atoms. The second kappa shape index (κ2) is 6.81. The van der Waals surface area contributed by atoms with Gasteiger partial charge in [0.05, 0.1) is 6.61 Å². The first-order valence-electron chi connectivity index (χ1n) is 6.27. The maximum atomic E-state index is 13.4. The molecule has 0 heterocycles. The Morgan fingerprint density at radius 1 is 1.14 bits per heavy atom. The van der Waals surface area contributed by atoms with E-state index in [0.717, 1.165) is 0 Å². The molecular formula is C15H14F2N2O2. The third kappa shape index (κ3) is 4.25. The highest BCUT2D eigenvalue weighted by Gasteiger charge is 2.05. The summed E-state index contributed by atoms with van der Waals surface area (Å²) in [5.74, 6) is -0.975. The molecule has 0 spiro atoms. The van der Waals surface area contributed by atoms with E-state index >= 15 is 0 Å². The average Bonchev–Trinajstić information content (AvgIpc) is 2.45. The highest BCUT2D eigenvalue weighted by molar-refractivity contribution is 5.89. The summed E-state index contributed by atoms with van der Waals surface area (Å²) < 4.78 is 26.4. The largest absolute Gasteiger partial charge is 0.392 e. The topological polar surface area (TPSA) is 61.4 Å². The number of hydrogen-bond donors (Lipinski definition) is 3. The molecule has 6 heteroatoms. The van der Waals surface area contributed by atoms with Crippen molar-refractivity contribution in [2.24, 2.45) is 0 Å². The number of aliphatic hydroxyl groups is 1. The Morgan fingerprint density at radius 2 is 1.95 bits per heavy atom. The van der Waals surface area contributed by atoms with E-state index in [-0.39, 0.29) is 18.7 Å². The average molecular weight is 292 g/mol. The van der Waals surface area contributed by atoms with Gasteiger partial charge >= 0.3 is 6.03 Å². The van der Waals surface area contributed by atoms with Crippen LogP contribution in [-0.4, -0.2) is 11.1 Å². The minimum absolute atomic E-state index is 0.115. The van der Waals surface area contributed by atoms with Gasteiger partial charge in [-0.05, 0) is 29.8 Å². The summed E-state index contributed by atoms with van der Waals surface area (Å²) in [5, 5.41) is 13.9. The van der Waals surface area contributed by atoms with Crippen molar-refractivity contribution in [3.05, 3.63) is 65.2 Å². The van der Waals surface area contributed by atoms with Crippen LogP contribution in [0.15, 0.2) is 42.5 Å². The van der Waals surface area contributed by atoms with Crippen LogP contribution in [0.2, 0.25) is 0 Å². The van der Waals surface area contributed by atoms with Gasteiger partial charge in [0.15, 0.2) is 0 Å². The van der Waals surface area contributed by atoms with Gasteiger partial charge in [0.2, 0.25) is 0 Å². The molecule has 2 aromatic carbocycles. The van der Waals surface area contributed by atoms with Crippen molar-refractivity contribution in [1.82, 2.24) is 5.32 Å². The molecule has 2 amide bonds. The number of hydrogen-bond acceptors (Lipinski definition) is 2. The molecule has 0 atom stereocenters. The number of anilines is 1. The summed E-state index contributed by atoms with van der Waals surface area (Å²) in [7, 11) is 0. The van der Waals surface area contributed by atoms with Crippen LogP contribution in [0.5, 0.6) is 0 Å². The molecule has 0 radical (unpaired) electrons. The number of rotatable bonds is 4. The van der Waals surface area contributed by atoms with Crippen molar-refractivity contribution < 1.29 is 18.7 Å². The Morgan fingerprint density at radius 3 is 2.62 bits per heavy atom. The highest BCUT2D eigenvalue weighted by Crippen LogP contribution is 2.11. The molecule has 0 aliphatic heterocycles. The molecule has 0 saturated heterocycles. The zero-order valence-electron chi connectivity index (χ0n) is 11.1. The first-order chi connectivity index (χ1) is 10.1. The Hall–Kier alpha value is -2.47. The molecule has 0 aromatic heterocycles. The number of amides is 2. The molecule has 4 nitrogen and oxygen atoms in total. The van der Waals surface area contributed by atoms with Gasteiger partial charge in [0, 0.05) is 17.8 Å². The van der Waals surface area contributed by atoms with Gasteiger partial charge in [0.1, 0.15) is 11.6 Å². The van der Waals surface area contributed by atoms with Gasteiger partial charge in [-0.25, -0.2) is 13.6 Å². The fraction of sp³-hybridized carbons (Fsp3) is 0.133. The van der Waals surface area contributed by atoms with E-state index in [1.54, 1.807) is 12.1 Å². The number of benzene rings is 2. The van der Waals surface area contributed by atoms with Crippen molar-refractivity contribution in [3.63, 3.8) is 0 Å². The van der Waals surface area contributed by atoms with Crippen molar-refractivity contribution in [2.75, 3.05) is 5.32 Å². The van der Waals surface area contributed by atoms with Crippen molar-refractivity contribution in [3.8, 4) is 0 Å². The number of carbonyl (C=O) groups is 1. The zero-order chi connectivity index (χ0) is 15.2. The Bertz CT molecular complexity index is 647.